The van der Waals surface area contributed by atoms with Crippen LogP contribution in [0.3, 0.4) is 0 Å². The monoisotopic (exact) mass is 945 g/mol. The molecule has 4 N–H and O–H groups in total. The second kappa shape index (κ2) is 50.5. The number of rotatable bonds is 26. The average Bonchev–Trinajstić information content (AvgIpc) is 3.30. The van der Waals surface area contributed by atoms with Gasteiger partial charge in [0.05, 0.1) is 5.92 Å². The summed E-state index contributed by atoms with van der Waals surface area (Å²) in [4.78, 5) is 76.0. The number of carbonyl (C=O) groups excluding carboxylic acids is 7. The van der Waals surface area contributed by atoms with Gasteiger partial charge in [0.15, 0.2) is 5.78 Å². The first-order valence-electron chi connectivity index (χ1n) is 26.7. The zero-order valence-corrected chi connectivity index (χ0v) is 46.4. The molecule has 1 aromatic rings. The van der Waals surface area contributed by atoms with Gasteiger partial charge in [0.1, 0.15) is 23.6 Å². The first-order chi connectivity index (χ1) is 31.7. The highest BCUT2D eigenvalue weighted by Gasteiger charge is 2.27. The zero-order chi connectivity index (χ0) is 52.8. The van der Waals surface area contributed by atoms with Gasteiger partial charge in [-0.25, -0.2) is 0 Å². The molecule has 0 saturated heterocycles. The standard InChI is InChI=1S/C13H24O.C12H17NO.C10H19NO2.C8H16O.C7H14O.C6H12O.C2H6/c1-3-4-10-13(11(2)14)12-8-6-5-7-9-12;1-2-3-9-11(12(13)14)10-7-5-4-6-8-10;1-4-7(2)9(5-6-11)10(13)8(3)12;1-4-5-6-7(2)8(3)9;1-3-4-5-7(2)6-8;1-5(2)4-6(3)7;1-2/h12-13H,3-10H2,1-2H3;4-8,11H,2-3,9H2,1H3,(H2,13,14);7,9H,4-6,11H2,1-3H3;7H,4-6H2,1-3H3;6-7H,3-5H2,1-2H3;5H,4H2,1-3H3;1-2H3. The van der Waals surface area contributed by atoms with Crippen LogP contribution in [0.4, 0.5) is 0 Å². The molecule has 9 nitrogen and oxygen atoms in total. The van der Waals surface area contributed by atoms with Crippen LogP contribution in [0.5, 0.6) is 0 Å². The number of hydrogen-bond acceptors (Lipinski definition) is 8. The van der Waals surface area contributed by atoms with Crippen molar-refractivity contribution >= 4 is 41.1 Å². The highest BCUT2D eigenvalue weighted by molar-refractivity contribution is 6.37. The van der Waals surface area contributed by atoms with Crippen LogP contribution in [0, 0.1) is 41.4 Å². The predicted octanol–water partition coefficient (Wildman–Crippen LogP) is 14.6. The maximum absolute atomic E-state index is 11.5. The van der Waals surface area contributed by atoms with E-state index in [1.165, 1.54) is 77.6 Å². The van der Waals surface area contributed by atoms with Crippen molar-refractivity contribution in [2.75, 3.05) is 6.54 Å². The van der Waals surface area contributed by atoms with Crippen LogP contribution < -0.4 is 11.5 Å². The maximum Gasteiger partial charge on any atom is 0.224 e. The van der Waals surface area contributed by atoms with E-state index < -0.39 is 0 Å². The summed E-state index contributed by atoms with van der Waals surface area (Å²) < 4.78 is 0. The summed E-state index contributed by atoms with van der Waals surface area (Å²) in [5.74, 6) is 2.36. The molecule has 2 rings (SSSR count). The molecule has 6 atom stereocenters. The van der Waals surface area contributed by atoms with Gasteiger partial charge in [-0.3, -0.25) is 24.0 Å². The van der Waals surface area contributed by atoms with Gasteiger partial charge in [-0.1, -0.05) is 190 Å². The number of amides is 1. The molecule has 1 amide bonds. The first kappa shape index (κ1) is 72.6. The minimum atomic E-state index is -0.348. The van der Waals surface area contributed by atoms with E-state index in [1.54, 1.807) is 20.8 Å². The number of unbranched alkanes of at least 4 members (excludes halogenated alkanes) is 4. The van der Waals surface area contributed by atoms with Crippen molar-refractivity contribution in [2.24, 2.45) is 52.9 Å². The van der Waals surface area contributed by atoms with Gasteiger partial charge >= 0.3 is 0 Å². The van der Waals surface area contributed by atoms with Gasteiger partial charge in [0.25, 0.3) is 0 Å². The summed E-state index contributed by atoms with van der Waals surface area (Å²) in [5.41, 5.74) is 11.8. The van der Waals surface area contributed by atoms with Crippen LogP contribution in [0.25, 0.3) is 0 Å². The molecule has 1 aliphatic carbocycles. The van der Waals surface area contributed by atoms with Crippen LogP contribution >= 0.6 is 0 Å². The second-order valence-corrected chi connectivity index (χ2v) is 19.0. The Morgan fingerprint density at radius 3 is 1.49 bits per heavy atom. The third-order valence-electron chi connectivity index (χ3n) is 12.1. The molecule has 1 saturated carbocycles. The van der Waals surface area contributed by atoms with Crippen LogP contribution in [0.1, 0.15) is 251 Å². The fourth-order valence-corrected chi connectivity index (χ4v) is 7.58. The van der Waals surface area contributed by atoms with Gasteiger partial charge in [0, 0.05) is 37.0 Å². The SMILES string of the molecule is CC.CC(=O)CC(C)C.CCC(C)C(CCN)C(=O)C(C)=O.CCCCC(C(C)=O)C1CCCCC1.CCCCC(C(N)=O)c1ccccc1.CCCCC(C)C(C)=O.CCCCC(C)C=O. The van der Waals surface area contributed by atoms with E-state index >= 15 is 0 Å². The number of Topliss-reactive ketones (excluding diaryl/α,β-unsaturated/α-hetero) is 5. The Morgan fingerprint density at radius 1 is 0.657 bits per heavy atom. The van der Waals surface area contributed by atoms with Crippen molar-refractivity contribution in [1.82, 2.24) is 0 Å². The van der Waals surface area contributed by atoms with Crippen LogP contribution in [0.2, 0.25) is 0 Å². The molecule has 0 aliphatic heterocycles. The number of primary amides is 1. The lowest BCUT2D eigenvalue weighted by Crippen LogP contribution is -2.29. The van der Waals surface area contributed by atoms with Crippen LogP contribution in [-0.2, 0) is 33.6 Å². The number of benzene rings is 1. The highest BCUT2D eigenvalue weighted by Crippen LogP contribution is 2.33. The Kier molecular flexibility index (Phi) is 54.8. The topological polar surface area (TPSA) is 172 Å². The zero-order valence-electron chi connectivity index (χ0n) is 46.4. The molecule has 9 heteroatoms. The molecule has 1 aromatic carbocycles. The Bertz CT molecular complexity index is 1360. The van der Waals surface area contributed by atoms with Crippen molar-refractivity contribution in [3.63, 3.8) is 0 Å². The van der Waals surface area contributed by atoms with Crippen molar-refractivity contribution in [2.45, 2.75) is 245 Å². The Hall–Kier alpha value is -3.33. The van der Waals surface area contributed by atoms with E-state index in [-0.39, 0.29) is 52.8 Å². The third kappa shape index (κ3) is 44.9. The minimum absolute atomic E-state index is 0.115. The summed E-state index contributed by atoms with van der Waals surface area (Å²) in [6.45, 7) is 31.5. The molecular formula is C58H108N2O7. The molecular weight excluding hydrogens is 837 g/mol. The van der Waals surface area contributed by atoms with Gasteiger partial charge in [-0.05, 0) is 95.6 Å². The summed E-state index contributed by atoms with van der Waals surface area (Å²) >= 11 is 0. The molecule has 0 aromatic heterocycles. The van der Waals surface area contributed by atoms with E-state index in [0.29, 0.717) is 42.3 Å². The van der Waals surface area contributed by atoms with Gasteiger partial charge in [-0.2, -0.15) is 0 Å². The highest BCUT2D eigenvalue weighted by atomic mass is 16.2. The summed E-state index contributed by atoms with van der Waals surface area (Å²) in [6, 6.07) is 9.76. The van der Waals surface area contributed by atoms with Crippen molar-refractivity contribution < 1.29 is 33.6 Å². The maximum atomic E-state index is 11.5. The summed E-state index contributed by atoms with van der Waals surface area (Å²) in [7, 11) is 0. The van der Waals surface area contributed by atoms with Crippen LogP contribution in [0.15, 0.2) is 30.3 Å². The van der Waals surface area contributed by atoms with Gasteiger partial charge < -0.3 is 21.1 Å². The number of aldehydes is 1. The minimum Gasteiger partial charge on any atom is -0.369 e. The second-order valence-electron chi connectivity index (χ2n) is 19.0. The Balaban J connectivity index is -0.000000232. The fraction of sp³-hybridized carbons (Fsp3) is 0.776. The largest absolute Gasteiger partial charge is 0.369 e. The molecule has 1 fully saturated rings. The fourth-order valence-electron chi connectivity index (χ4n) is 7.58. The molecule has 0 radical (unpaired) electrons. The van der Waals surface area contributed by atoms with Crippen molar-refractivity contribution in [3.05, 3.63) is 35.9 Å². The van der Waals surface area contributed by atoms with Crippen LogP contribution in [-0.4, -0.2) is 47.7 Å². The number of carbonyl (C=O) groups is 7. The molecule has 0 bridgehead atoms. The molecule has 6 unspecified atom stereocenters. The normalized spacial score (nSPS) is 14.3. The average molecular weight is 946 g/mol. The van der Waals surface area contributed by atoms with E-state index in [1.807, 2.05) is 85.7 Å². The number of nitrogens with two attached hydrogens (primary N) is 2. The van der Waals surface area contributed by atoms with E-state index in [2.05, 4.69) is 27.7 Å². The molecule has 392 valence electrons. The Labute approximate surface area is 413 Å². The quantitative estimate of drug-likeness (QED) is 0.0682. The Morgan fingerprint density at radius 2 is 1.13 bits per heavy atom. The number of hydrogen-bond donors (Lipinski definition) is 2. The van der Waals surface area contributed by atoms with E-state index in [0.717, 1.165) is 63.2 Å². The lowest BCUT2D eigenvalue weighted by molar-refractivity contribution is -0.138. The summed E-state index contributed by atoms with van der Waals surface area (Å²) in [5, 5.41) is 0. The van der Waals surface area contributed by atoms with Gasteiger partial charge in [0.2, 0.25) is 11.7 Å². The first-order valence-corrected chi connectivity index (χ1v) is 26.7. The molecule has 0 heterocycles. The van der Waals surface area contributed by atoms with Crippen molar-refractivity contribution in [3.8, 4) is 0 Å². The van der Waals surface area contributed by atoms with Gasteiger partial charge in [-0.15, -0.1) is 0 Å². The van der Waals surface area contributed by atoms with E-state index in [9.17, 15) is 33.6 Å². The summed E-state index contributed by atoms with van der Waals surface area (Å²) in [6.07, 6.45) is 23.4. The molecule has 0 spiro atoms. The molecule has 67 heavy (non-hydrogen) atoms. The molecule has 1 aliphatic rings. The number of ketones is 5. The smallest absolute Gasteiger partial charge is 0.224 e. The van der Waals surface area contributed by atoms with E-state index in [4.69, 9.17) is 11.5 Å². The van der Waals surface area contributed by atoms with Crippen molar-refractivity contribution in [1.29, 1.82) is 0 Å². The lowest BCUT2D eigenvalue weighted by Gasteiger charge is -2.28. The third-order valence-corrected chi connectivity index (χ3v) is 12.1. The predicted molar refractivity (Wildman–Crippen MR) is 286 cm³/mol. The lowest BCUT2D eigenvalue weighted by atomic mass is 9.76.